The summed E-state index contributed by atoms with van der Waals surface area (Å²) in [6, 6.07) is 1.61. The fourth-order valence-electron chi connectivity index (χ4n) is 2.34. The second-order valence-corrected chi connectivity index (χ2v) is 6.78. The number of rotatable bonds is 1. The van der Waals surface area contributed by atoms with Gasteiger partial charge in [0.1, 0.15) is 11.9 Å². The lowest BCUT2D eigenvalue weighted by Crippen LogP contribution is -2.41. The van der Waals surface area contributed by atoms with E-state index in [0.29, 0.717) is 21.1 Å². The topological polar surface area (TPSA) is 59.7 Å². The summed E-state index contributed by atoms with van der Waals surface area (Å²) in [5.74, 6) is -0.546. The van der Waals surface area contributed by atoms with E-state index in [2.05, 4.69) is 10.1 Å². The molecule has 0 unspecified atom stereocenters. The van der Waals surface area contributed by atoms with Crippen LogP contribution < -0.4 is 0 Å². The molecule has 2 aromatic heterocycles. The van der Waals surface area contributed by atoms with Crippen molar-refractivity contribution in [3.8, 4) is 0 Å². The van der Waals surface area contributed by atoms with Crippen molar-refractivity contribution in [3.05, 3.63) is 29.2 Å². The molecule has 2 aromatic rings. The van der Waals surface area contributed by atoms with Crippen LogP contribution in [-0.4, -0.2) is 44.2 Å². The molecule has 1 aliphatic heterocycles. The molecule has 0 aromatic carbocycles. The standard InChI is InChI=1S/C16H21ClN4O2/c1-16(2,3)23-15(22)20-6-4-11(5-7-20)12-9-21-14(8-13(12)17)18-10-19-21/h8-11H,4-7H2,1-3H3/i6D2,7D2. The number of amides is 1. The van der Waals surface area contributed by atoms with Gasteiger partial charge in [-0.3, -0.25) is 0 Å². The average Bonchev–Trinajstić information content (AvgIpc) is 2.88. The number of likely N-dealkylation sites (tertiary alicyclic amines) is 1. The molecule has 0 radical (unpaired) electrons. The quantitative estimate of drug-likeness (QED) is 0.797. The van der Waals surface area contributed by atoms with Gasteiger partial charge in [0.25, 0.3) is 0 Å². The van der Waals surface area contributed by atoms with Crippen LogP contribution in [-0.2, 0) is 4.74 Å². The van der Waals surface area contributed by atoms with Crippen LogP contribution in [0.2, 0.25) is 5.02 Å². The molecule has 0 N–H and O–H groups in total. The maximum Gasteiger partial charge on any atom is 0.410 e. The number of carbonyl (C=O) groups excluding carboxylic acids is 1. The van der Waals surface area contributed by atoms with E-state index in [0.717, 1.165) is 0 Å². The summed E-state index contributed by atoms with van der Waals surface area (Å²) in [5.41, 5.74) is 0.244. The average molecular weight is 341 g/mol. The minimum atomic E-state index is -2.25. The molecular formula is C16H21ClN4O2. The number of halogens is 1. The van der Waals surface area contributed by atoms with E-state index >= 15 is 0 Å². The Kier molecular flexibility index (Phi) is 3.04. The molecule has 0 spiro atoms. The number of fused-ring (bicyclic) bond motifs is 1. The first-order chi connectivity index (χ1) is 12.3. The first-order valence-electron chi connectivity index (χ1n) is 9.32. The van der Waals surface area contributed by atoms with Gasteiger partial charge in [-0.1, -0.05) is 11.6 Å². The van der Waals surface area contributed by atoms with Crippen molar-refractivity contribution in [1.82, 2.24) is 19.5 Å². The Labute approximate surface area is 146 Å². The fraction of sp³-hybridized carbons (Fsp3) is 0.562. The lowest BCUT2D eigenvalue weighted by atomic mass is 9.90. The maximum absolute atomic E-state index is 12.5. The Balaban J connectivity index is 1.95. The highest BCUT2D eigenvalue weighted by molar-refractivity contribution is 6.31. The van der Waals surface area contributed by atoms with Gasteiger partial charge in [0.2, 0.25) is 0 Å². The molecule has 1 amide bonds. The second-order valence-electron chi connectivity index (χ2n) is 6.38. The zero-order chi connectivity index (χ0) is 20.2. The Hall–Kier alpha value is -1.82. The third-order valence-electron chi connectivity index (χ3n) is 3.40. The molecule has 0 aliphatic carbocycles. The molecule has 3 rings (SSSR count). The predicted octanol–water partition coefficient (Wildman–Crippen LogP) is 3.50. The Bertz CT molecular complexity index is 863. The van der Waals surface area contributed by atoms with Crippen LogP contribution in [0.15, 0.2) is 18.6 Å². The van der Waals surface area contributed by atoms with Crippen molar-refractivity contribution in [1.29, 1.82) is 0 Å². The summed E-state index contributed by atoms with van der Waals surface area (Å²) >= 11 is 6.33. The number of aromatic nitrogens is 3. The molecule has 0 saturated carbocycles. The molecule has 3 heterocycles. The van der Waals surface area contributed by atoms with Crippen LogP contribution in [0.25, 0.3) is 5.65 Å². The van der Waals surface area contributed by atoms with Gasteiger partial charge in [-0.2, -0.15) is 5.10 Å². The fourth-order valence-corrected chi connectivity index (χ4v) is 2.64. The molecule has 1 saturated heterocycles. The number of piperidine rings is 1. The molecule has 6 nitrogen and oxygen atoms in total. The smallest absolute Gasteiger partial charge is 0.410 e. The van der Waals surface area contributed by atoms with Gasteiger partial charge in [-0.15, -0.1) is 0 Å². The normalized spacial score (nSPS) is 23.7. The third kappa shape index (κ3) is 3.58. The van der Waals surface area contributed by atoms with E-state index in [9.17, 15) is 4.79 Å². The van der Waals surface area contributed by atoms with Crippen LogP contribution in [0.5, 0.6) is 0 Å². The number of carbonyl (C=O) groups is 1. The third-order valence-corrected chi connectivity index (χ3v) is 3.73. The number of pyridine rings is 1. The van der Waals surface area contributed by atoms with Gasteiger partial charge in [-0.05, 0) is 45.1 Å². The lowest BCUT2D eigenvalue weighted by Gasteiger charge is -2.33. The van der Waals surface area contributed by atoms with E-state index in [4.69, 9.17) is 21.8 Å². The molecule has 23 heavy (non-hydrogen) atoms. The molecule has 1 aliphatic rings. The highest BCUT2D eigenvalue weighted by Crippen LogP contribution is 2.33. The Morgan fingerprint density at radius 1 is 1.43 bits per heavy atom. The molecule has 0 bridgehead atoms. The van der Waals surface area contributed by atoms with Gasteiger partial charge >= 0.3 is 6.09 Å². The predicted molar refractivity (Wildman–Crippen MR) is 87.8 cm³/mol. The molecule has 7 heteroatoms. The number of hydrogen-bond acceptors (Lipinski definition) is 4. The minimum Gasteiger partial charge on any atom is -0.444 e. The Morgan fingerprint density at radius 2 is 2.13 bits per heavy atom. The zero-order valence-electron chi connectivity index (χ0n) is 17.2. The van der Waals surface area contributed by atoms with Crippen molar-refractivity contribution in [2.75, 3.05) is 13.0 Å². The summed E-state index contributed by atoms with van der Waals surface area (Å²) < 4.78 is 40.1. The number of nitrogens with zero attached hydrogens (tertiary/aromatic N) is 4. The van der Waals surface area contributed by atoms with Crippen LogP contribution in [0, 0.1) is 0 Å². The van der Waals surface area contributed by atoms with Gasteiger partial charge in [0, 0.05) is 35.8 Å². The summed E-state index contributed by atoms with van der Waals surface area (Å²) in [6.07, 6.45) is 1.75. The van der Waals surface area contributed by atoms with Gasteiger partial charge < -0.3 is 9.64 Å². The van der Waals surface area contributed by atoms with Gasteiger partial charge in [0.15, 0.2) is 5.65 Å². The van der Waals surface area contributed by atoms with Crippen molar-refractivity contribution in [2.24, 2.45) is 0 Å². The van der Waals surface area contributed by atoms with E-state index in [1.165, 1.54) is 10.8 Å². The molecule has 124 valence electrons. The summed E-state index contributed by atoms with van der Waals surface area (Å²) in [4.78, 5) is 17.1. The summed E-state index contributed by atoms with van der Waals surface area (Å²) in [7, 11) is 0. The van der Waals surface area contributed by atoms with Crippen LogP contribution in [0.1, 0.15) is 50.6 Å². The highest BCUT2D eigenvalue weighted by atomic mass is 35.5. The van der Waals surface area contributed by atoms with E-state index in [1.807, 2.05) is 0 Å². The summed E-state index contributed by atoms with van der Waals surface area (Å²) in [6.45, 7) is 0.437. The van der Waals surface area contributed by atoms with E-state index in [-0.39, 0.29) is 12.8 Å². The SMILES string of the molecule is [2H]C1([2H])CC(c2cn3ncnc3cc2Cl)CC([2H])([2H])N1C(=O)OC(C)(C)C. The van der Waals surface area contributed by atoms with Crippen LogP contribution in [0.3, 0.4) is 0 Å². The van der Waals surface area contributed by atoms with Crippen molar-refractivity contribution in [3.63, 3.8) is 0 Å². The van der Waals surface area contributed by atoms with Gasteiger partial charge in [-0.25, -0.2) is 14.3 Å². The molecule has 0 atom stereocenters. The van der Waals surface area contributed by atoms with Crippen molar-refractivity contribution < 1.29 is 15.0 Å². The minimum absolute atomic E-state index is 0.119. The number of hydrogen-bond donors (Lipinski definition) is 0. The summed E-state index contributed by atoms with van der Waals surface area (Å²) in [5, 5.41) is 4.41. The number of ether oxygens (including phenoxy) is 1. The second kappa shape index (κ2) is 6.00. The first-order valence-corrected chi connectivity index (χ1v) is 7.70. The highest BCUT2D eigenvalue weighted by Gasteiger charge is 2.28. The zero-order valence-corrected chi connectivity index (χ0v) is 14.0. The van der Waals surface area contributed by atoms with Crippen molar-refractivity contribution >= 4 is 23.3 Å². The van der Waals surface area contributed by atoms with E-state index in [1.54, 1.807) is 33.0 Å². The largest absolute Gasteiger partial charge is 0.444 e. The van der Waals surface area contributed by atoms with E-state index < -0.39 is 30.6 Å². The lowest BCUT2D eigenvalue weighted by molar-refractivity contribution is 0.0205. The van der Waals surface area contributed by atoms with Crippen LogP contribution in [0.4, 0.5) is 4.79 Å². The first kappa shape index (κ1) is 11.7. The molecular weight excluding hydrogens is 316 g/mol. The molecule has 1 fully saturated rings. The maximum atomic E-state index is 12.5. The van der Waals surface area contributed by atoms with Crippen LogP contribution >= 0.6 is 11.6 Å². The Morgan fingerprint density at radius 3 is 2.78 bits per heavy atom. The van der Waals surface area contributed by atoms with Gasteiger partial charge in [0.05, 0.1) is 0 Å². The monoisotopic (exact) mass is 340 g/mol. The van der Waals surface area contributed by atoms with Crippen molar-refractivity contribution in [2.45, 2.75) is 45.1 Å².